The lowest BCUT2D eigenvalue weighted by atomic mass is 10.1. The van der Waals surface area contributed by atoms with Gasteiger partial charge in [0.2, 0.25) is 5.91 Å². The van der Waals surface area contributed by atoms with Gasteiger partial charge < -0.3 is 10.2 Å². The average Bonchev–Trinajstić information content (AvgIpc) is 2.37. The summed E-state index contributed by atoms with van der Waals surface area (Å²) in [4.78, 5) is 24.1. The number of benzene rings is 1. The smallest absolute Gasteiger partial charge is 0.273 e. The number of aryl methyl sites for hydroxylation is 1. The van der Waals surface area contributed by atoms with Crippen LogP contribution in [0, 0.1) is 17.0 Å². The number of amides is 1. The Labute approximate surface area is 129 Å². The number of nitro groups is 1. The number of anilines is 1. The summed E-state index contributed by atoms with van der Waals surface area (Å²) in [6, 6.07) is 3.03. The van der Waals surface area contributed by atoms with E-state index in [1.165, 1.54) is 6.07 Å². The van der Waals surface area contributed by atoms with Crippen molar-refractivity contribution in [3.05, 3.63) is 32.8 Å². The van der Waals surface area contributed by atoms with E-state index < -0.39 is 4.92 Å². The fraction of sp³-hybridized carbons (Fsp3) is 0.500. The van der Waals surface area contributed by atoms with E-state index in [9.17, 15) is 14.9 Å². The van der Waals surface area contributed by atoms with Crippen molar-refractivity contribution in [1.29, 1.82) is 0 Å². The third kappa shape index (κ3) is 4.60. The summed E-state index contributed by atoms with van der Waals surface area (Å²) in [5.74, 6) is -0.112. The molecule has 0 aliphatic heterocycles. The number of hydrogen-bond donors (Lipinski definition) is 1. The predicted molar refractivity (Wildman–Crippen MR) is 84.0 cm³/mol. The lowest BCUT2D eigenvalue weighted by Crippen LogP contribution is -2.40. The molecule has 1 aromatic rings. The normalized spacial score (nSPS) is 10.6. The molecule has 0 unspecified atom stereocenters. The molecule has 0 spiro atoms. The highest BCUT2D eigenvalue weighted by atomic mass is 35.5. The van der Waals surface area contributed by atoms with Crippen molar-refractivity contribution in [2.24, 2.45) is 0 Å². The van der Waals surface area contributed by atoms with E-state index in [1.807, 2.05) is 20.8 Å². The molecule has 0 radical (unpaired) electrons. The van der Waals surface area contributed by atoms with Crippen LogP contribution in [0.4, 0.5) is 11.4 Å². The number of carbonyl (C=O) groups is 1. The Bertz CT molecular complexity index is 547. The number of nitro benzene ring substituents is 1. The van der Waals surface area contributed by atoms with Crippen LogP contribution in [0.25, 0.3) is 0 Å². The Balaban J connectivity index is 3.03. The molecule has 21 heavy (non-hydrogen) atoms. The van der Waals surface area contributed by atoms with Gasteiger partial charge in [-0.15, -0.1) is 0 Å². The monoisotopic (exact) mass is 313 g/mol. The highest BCUT2D eigenvalue weighted by Gasteiger charge is 2.19. The Morgan fingerprint density at radius 1 is 1.48 bits per heavy atom. The molecule has 0 saturated carbocycles. The third-order valence-corrected chi connectivity index (χ3v) is 3.27. The molecule has 1 N–H and O–H groups in total. The van der Waals surface area contributed by atoms with Crippen LogP contribution < -0.4 is 10.2 Å². The van der Waals surface area contributed by atoms with Crippen molar-refractivity contribution < 1.29 is 9.72 Å². The van der Waals surface area contributed by atoms with Crippen molar-refractivity contribution in [1.82, 2.24) is 5.32 Å². The molecule has 0 heterocycles. The Kier molecular flexibility index (Phi) is 5.96. The molecule has 7 heteroatoms. The molecule has 1 amide bonds. The van der Waals surface area contributed by atoms with Gasteiger partial charge in [0.1, 0.15) is 0 Å². The Hall–Kier alpha value is -1.82. The number of halogens is 1. The fourth-order valence-electron chi connectivity index (χ4n) is 2.00. The van der Waals surface area contributed by atoms with Crippen LogP contribution in [0.5, 0.6) is 0 Å². The minimum atomic E-state index is -0.466. The van der Waals surface area contributed by atoms with Crippen LogP contribution in [0.1, 0.15) is 26.3 Å². The van der Waals surface area contributed by atoms with Crippen molar-refractivity contribution >= 4 is 28.9 Å². The van der Waals surface area contributed by atoms with Crippen LogP contribution in [-0.2, 0) is 4.79 Å². The van der Waals surface area contributed by atoms with Crippen LogP contribution in [0.15, 0.2) is 12.1 Å². The molecule has 0 fully saturated rings. The van der Waals surface area contributed by atoms with E-state index in [2.05, 4.69) is 5.32 Å². The summed E-state index contributed by atoms with van der Waals surface area (Å²) in [6.07, 6.45) is 0. The molecule has 116 valence electrons. The van der Waals surface area contributed by atoms with Gasteiger partial charge >= 0.3 is 0 Å². The summed E-state index contributed by atoms with van der Waals surface area (Å²) in [7, 11) is 0. The predicted octanol–water partition coefficient (Wildman–Crippen LogP) is 2.91. The van der Waals surface area contributed by atoms with Gasteiger partial charge in [-0.2, -0.15) is 0 Å². The first-order valence-electron chi connectivity index (χ1n) is 6.75. The lowest BCUT2D eigenvalue weighted by Gasteiger charge is -2.24. The largest absolute Gasteiger partial charge is 0.361 e. The van der Waals surface area contributed by atoms with E-state index >= 15 is 0 Å². The van der Waals surface area contributed by atoms with Crippen LogP contribution in [0.2, 0.25) is 5.02 Å². The zero-order chi connectivity index (χ0) is 16.2. The zero-order valence-corrected chi connectivity index (χ0v) is 13.4. The van der Waals surface area contributed by atoms with Gasteiger partial charge in [-0.1, -0.05) is 11.6 Å². The third-order valence-electron chi connectivity index (χ3n) is 2.97. The lowest BCUT2D eigenvalue weighted by molar-refractivity contribution is -0.385. The van der Waals surface area contributed by atoms with Gasteiger partial charge in [-0.3, -0.25) is 14.9 Å². The standard InChI is InChI=1S/C14H20ClN3O3/c1-5-17(8-14(19)16-9(2)3)13-6-10(4)12(18(20)21)7-11(13)15/h6-7,9H,5,8H2,1-4H3,(H,16,19). The van der Waals surface area contributed by atoms with E-state index in [1.54, 1.807) is 17.9 Å². The number of carbonyl (C=O) groups excluding carboxylic acids is 1. The van der Waals surface area contributed by atoms with Crippen molar-refractivity contribution in [3.63, 3.8) is 0 Å². The highest BCUT2D eigenvalue weighted by Crippen LogP contribution is 2.32. The topological polar surface area (TPSA) is 75.5 Å². The Morgan fingerprint density at radius 3 is 2.57 bits per heavy atom. The first-order valence-corrected chi connectivity index (χ1v) is 7.12. The molecule has 0 aliphatic rings. The fourth-order valence-corrected chi connectivity index (χ4v) is 2.28. The molecule has 1 rings (SSSR count). The van der Waals surface area contributed by atoms with Gasteiger partial charge in [-0.05, 0) is 33.8 Å². The zero-order valence-electron chi connectivity index (χ0n) is 12.6. The van der Waals surface area contributed by atoms with E-state index in [-0.39, 0.29) is 29.2 Å². The second-order valence-electron chi connectivity index (χ2n) is 5.08. The first-order chi connectivity index (χ1) is 9.76. The molecule has 6 nitrogen and oxygen atoms in total. The number of hydrogen-bond acceptors (Lipinski definition) is 4. The summed E-state index contributed by atoms with van der Waals surface area (Å²) in [5.41, 5.74) is 1.12. The molecule has 0 saturated heterocycles. The molecular formula is C14H20ClN3O3. The number of nitrogens with one attached hydrogen (secondary N) is 1. The minimum Gasteiger partial charge on any atom is -0.361 e. The summed E-state index contributed by atoms with van der Waals surface area (Å²) < 4.78 is 0. The first kappa shape index (κ1) is 17.2. The van der Waals surface area contributed by atoms with Gasteiger partial charge in [-0.25, -0.2) is 0 Å². The van der Waals surface area contributed by atoms with Crippen molar-refractivity contribution in [3.8, 4) is 0 Å². The SMILES string of the molecule is CCN(CC(=O)NC(C)C)c1cc(C)c([N+](=O)[O-])cc1Cl. The Morgan fingerprint density at radius 2 is 2.10 bits per heavy atom. The molecule has 0 aromatic heterocycles. The second kappa shape index (κ2) is 7.26. The summed E-state index contributed by atoms with van der Waals surface area (Å²) in [6.45, 7) is 8.05. The van der Waals surface area contributed by atoms with Gasteiger partial charge in [0.25, 0.3) is 5.69 Å². The maximum atomic E-state index is 11.9. The minimum absolute atomic E-state index is 0.0218. The highest BCUT2D eigenvalue weighted by molar-refractivity contribution is 6.33. The quantitative estimate of drug-likeness (QED) is 0.647. The maximum absolute atomic E-state index is 11.9. The number of likely N-dealkylation sites (N-methyl/N-ethyl adjacent to an activating group) is 1. The van der Waals surface area contributed by atoms with Crippen LogP contribution >= 0.6 is 11.6 Å². The maximum Gasteiger partial charge on any atom is 0.273 e. The van der Waals surface area contributed by atoms with E-state index in [0.29, 0.717) is 17.8 Å². The second-order valence-corrected chi connectivity index (χ2v) is 5.49. The van der Waals surface area contributed by atoms with Gasteiger partial charge in [0, 0.05) is 24.2 Å². The molecule has 1 aromatic carbocycles. The van der Waals surface area contributed by atoms with Gasteiger partial charge in [0.05, 0.1) is 22.2 Å². The number of rotatable bonds is 6. The van der Waals surface area contributed by atoms with E-state index in [0.717, 1.165) is 0 Å². The summed E-state index contributed by atoms with van der Waals surface area (Å²) >= 11 is 6.13. The van der Waals surface area contributed by atoms with Crippen LogP contribution in [-0.4, -0.2) is 30.0 Å². The molecule has 0 atom stereocenters. The van der Waals surface area contributed by atoms with E-state index in [4.69, 9.17) is 11.6 Å². The number of nitrogens with zero attached hydrogens (tertiary/aromatic N) is 2. The van der Waals surface area contributed by atoms with Crippen LogP contribution in [0.3, 0.4) is 0 Å². The average molecular weight is 314 g/mol. The molecular weight excluding hydrogens is 294 g/mol. The van der Waals surface area contributed by atoms with Gasteiger partial charge in [0.15, 0.2) is 0 Å². The summed E-state index contributed by atoms with van der Waals surface area (Å²) in [5, 5.41) is 14.0. The van der Waals surface area contributed by atoms with Crippen molar-refractivity contribution in [2.45, 2.75) is 33.7 Å². The molecule has 0 bridgehead atoms. The molecule has 0 aliphatic carbocycles. The van der Waals surface area contributed by atoms with Crippen molar-refractivity contribution in [2.75, 3.05) is 18.0 Å².